The molecule has 154 valence electrons. The van der Waals surface area contributed by atoms with E-state index in [9.17, 15) is 9.59 Å². The maximum absolute atomic E-state index is 12.4. The van der Waals surface area contributed by atoms with E-state index in [1.165, 1.54) is 12.8 Å². The molecule has 1 aromatic rings. The van der Waals surface area contributed by atoms with Gasteiger partial charge in [0.2, 0.25) is 11.8 Å². The number of carbonyl (C=O) groups excluding carboxylic acids is 2. The van der Waals surface area contributed by atoms with Gasteiger partial charge < -0.3 is 15.0 Å². The Morgan fingerprint density at radius 2 is 1.82 bits per heavy atom. The number of carbonyl (C=O) groups is 2. The zero-order valence-electron chi connectivity index (χ0n) is 17.3. The van der Waals surface area contributed by atoms with Crippen LogP contribution in [0.2, 0.25) is 0 Å². The number of likely N-dealkylation sites (tertiary alicyclic amines) is 1. The number of aromatic nitrogens is 2. The first-order chi connectivity index (χ1) is 13.5. The third-order valence-electron chi connectivity index (χ3n) is 5.92. The molecule has 7 nitrogen and oxygen atoms in total. The maximum Gasteiger partial charge on any atom is 0.224 e. The second kappa shape index (κ2) is 9.45. The topological polar surface area (TPSA) is 84.4 Å². The Kier molecular flexibility index (Phi) is 6.99. The van der Waals surface area contributed by atoms with Crippen molar-refractivity contribution in [3.63, 3.8) is 0 Å². The molecule has 28 heavy (non-hydrogen) atoms. The minimum Gasteiger partial charge on any atom is -0.384 e. The summed E-state index contributed by atoms with van der Waals surface area (Å²) >= 11 is 0. The van der Waals surface area contributed by atoms with Crippen molar-refractivity contribution in [2.45, 2.75) is 70.8 Å². The van der Waals surface area contributed by atoms with E-state index in [-0.39, 0.29) is 17.7 Å². The Morgan fingerprint density at radius 3 is 2.46 bits per heavy atom. The average molecular weight is 389 g/mol. The Balaban J connectivity index is 1.61. The first kappa shape index (κ1) is 20.7. The van der Waals surface area contributed by atoms with E-state index in [0.717, 1.165) is 48.6 Å². The van der Waals surface area contributed by atoms with Crippen molar-refractivity contribution in [1.82, 2.24) is 20.2 Å². The van der Waals surface area contributed by atoms with Crippen LogP contribution < -0.4 is 5.32 Å². The Morgan fingerprint density at radius 1 is 1.14 bits per heavy atom. The van der Waals surface area contributed by atoms with E-state index in [2.05, 4.69) is 5.32 Å². The summed E-state index contributed by atoms with van der Waals surface area (Å²) in [6.45, 7) is 5.75. The second-order valence-electron chi connectivity index (χ2n) is 8.03. The number of ether oxygens (including phenoxy) is 1. The van der Waals surface area contributed by atoms with Gasteiger partial charge in [0.15, 0.2) is 0 Å². The SMILES string of the molecule is COCCC(=O)N1CCC(c2nc(C)c(CC(=O)NC3CCCC3)c(C)n2)C1. The summed E-state index contributed by atoms with van der Waals surface area (Å²) in [6.07, 6.45) is 6.19. The zero-order chi connectivity index (χ0) is 20.1. The van der Waals surface area contributed by atoms with Crippen LogP contribution in [0.15, 0.2) is 0 Å². The summed E-state index contributed by atoms with van der Waals surface area (Å²) in [5.41, 5.74) is 2.66. The Labute approximate surface area is 167 Å². The molecule has 2 amide bonds. The minimum absolute atomic E-state index is 0.0604. The van der Waals surface area contributed by atoms with Gasteiger partial charge in [-0.1, -0.05) is 12.8 Å². The number of methoxy groups -OCH3 is 1. The van der Waals surface area contributed by atoms with Gasteiger partial charge in [-0.05, 0) is 33.1 Å². The van der Waals surface area contributed by atoms with Gasteiger partial charge in [-0.3, -0.25) is 9.59 Å². The lowest BCUT2D eigenvalue weighted by Crippen LogP contribution is -2.34. The van der Waals surface area contributed by atoms with Crippen LogP contribution in [-0.2, 0) is 20.7 Å². The van der Waals surface area contributed by atoms with E-state index in [1.807, 2.05) is 18.7 Å². The molecule has 3 rings (SSSR count). The van der Waals surface area contributed by atoms with Gasteiger partial charge >= 0.3 is 0 Å². The molecule has 1 saturated carbocycles. The van der Waals surface area contributed by atoms with Gasteiger partial charge in [-0.15, -0.1) is 0 Å². The number of rotatable bonds is 7. The number of nitrogens with one attached hydrogen (secondary N) is 1. The highest BCUT2D eigenvalue weighted by molar-refractivity contribution is 5.79. The highest BCUT2D eigenvalue weighted by Crippen LogP contribution is 2.27. The van der Waals surface area contributed by atoms with Gasteiger partial charge in [0.25, 0.3) is 0 Å². The summed E-state index contributed by atoms with van der Waals surface area (Å²) in [6, 6.07) is 0.327. The Bertz CT molecular complexity index is 693. The number of hydrogen-bond donors (Lipinski definition) is 1. The van der Waals surface area contributed by atoms with Crippen LogP contribution in [0.3, 0.4) is 0 Å². The van der Waals surface area contributed by atoms with Crippen molar-refractivity contribution in [2.75, 3.05) is 26.8 Å². The minimum atomic E-state index is 0.0604. The van der Waals surface area contributed by atoms with Crippen molar-refractivity contribution in [3.8, 4) is 0 Å². The molecule has 0 bridgehead atoms. The summed E-state index contributed by atoms with van der Waals surface area (Å²) in [5, 5.41) is 3.14. The van der Waals surface area contributed by atoms with E-state index in [1.54, 1.807) is 7.11 Å². The molecule has 2 heterocycles. The van der Waals surface area contributed by atoms with Crippen molar-refractivity contribution in [3.05, 3.63) is 22.8 Å². The van der Waals surface area contributed by atoms with Crippen LogP contribution in [0.25, 0.3) is 0 Å². The van der Waals surface area contributed by atoms with Crippen molar-refractivity contribution in [1.29, 1.82) is 0 Å². The molecule has 1 aliphatic carbocycles. The number of amides is 2. The van der Waals surface area contributed by atoms with Crippen LogP contribution in [0.5, 0.6) is 0 Å². The Hall–Kier alpha value is -2.02. The van der Waals surface area contributed by atoms with Crippen LogP contribution in [0, 0.1) is 13.8 Å². The fraction of sp³-hybridized carbons (Fsp3) is 0.714. The third kappa shape index (κ3) is 5.07. The quantitative estimate of drug-likeness (QED) is 0.773. The molecule has 1 unspecified atom stereocenters. The van der Waals surface area contributed by atoms with Crippen molar-refractivity contribution < 1.29 is 14.3 Å². The highest BCUT2D eigenvalue weighted by Gasteiger charge is 2.29. The van der Waals surface area contributed by atoms with E-state index >= 15 is 0 Å². The molecule has 2 aliphatic rings. The van der Waals surface area contributed by atoms with E-state index < -0.39 is 0 Å². The number of nitrogens with zero attached hydrogens (tertiary/aromatic N) is 3. The van der Waals surface area contributed by atoms with Gasteiger partial charge in [-0.2, -0.15) is 0 Å². The number of aryl methyl sites for hydroxylation is 2. The molecular weight excluding hydrogens is 356 g/mol. The smallest absolute Gasteiger partial charge is 0.224 e. The molecule has 0 spiro atoms. The summed E-state index contributed by atoms with van der Waals surface area (Å²) in [4.78, 5) is 35.9. The van der Waals surface area contributed by atoms with Crippen LogP contribution in [-0.4, -0.2) is 59.5 Å². The molecule has 0 aromatic carbocycles. The lowest BCUT2D eigenvalue weighted by molar-refractivity contribution is -0.131. The lowest BCUT2D eigenvalue weighted by Gasteiger charge is -2.17. The summed E-state index contributed by atoms with van der Waals surface area (Å²) < 4.78 is 5.00. The molecule has 1 aromatic heterocycles. The maximum atomic E-state index is 12.4. The van der Waals surface area contributed by atoms with Crippen molar-refractivity contribution in [2.24, 2.45) is 0 Å². The zero-order valence-corrected chi connectivity index (χ0v) is 17.3. The van der Waals surface area contributed by atoms with Crippen molar-refractivity contribution >= 4 is 11.8 Å². The lowest BCUT2D eigenvalue weighted by atomic mass is 10.0. The van der Waals surface area contributed by atoms with Crippen LogP contribution in [0.4, 0.5) is 0 Å². The molecule has 1 saturated heterocycles. The van der Waals surface area contributed by atoms with Gasteiger partial charge in [0.1, 0.15) is 5.82 Å². The average Bonchev–Trinajstić information content (AvgIpc) is 3.34. The molecule has 7 heteroatoms. The van der Waals surface area contributed by atoms with E-state index in [4.69, 9.17) is 14.7 Å². The van der Waals surface area contributed by atoms with Gasteiger partial charge in [0.05, 0.1) is 19.4 Å². The van der Waals surface area contributed by atoms with E-state index in [0.29, 0.717) is 32.0 Å². The normalized spacial score (nSPS) is 20.0. The standard InChI is InChI=1S/C21H32N4O3/c1-14-18(12-19(26)24-17-6-4-5-7-17)15(2)23-21(22-14)16-8-10-25(13-16)20(27)9-11-28-3/h16-17H,4-13H2,1-3H3,(H,24,26). The molecule has 1 N–H and O–H groups in total. The first-order valence-corrected chi connectivity index (χ1v) is 10.4. The van der Waals surface area contributed by atoms with Crippen LogP contribution >= 0.6 is 0 Å². The largest absolute Gasteiger partial charge is 0.384 e. The molecule has 2 fully saturated rings. The fourth-order valence-corrected chi connectivity index (χ4v) is 4.26. The molecule has 1 atom stereocenters. The third-order valence-corrected chi connectivity index (χ3v) is 5.92. The predicted octanol–water partition coefficient (Wildman–Crippen LogP) is 2.05. The summed E-state index contributed by atoms with van der Waals surface area (Å²) in [7, 11) is 1.61. The fourth-order valence-electron chi connectivity index (χ4n) is 4.26. The van der Waals surface area contributed by atoms with Gasteiger partial charge in [0, 0.05) is 49.1 Å². The monoisotopic (exact) mass is 388 g/mol. The first-order valence-electron chi connectivity index (χ1n) is 10.4. The predicted molar refractivity (Wildman–Crippen MR) is 106 cm³/mol. The van der Waals surface area contributed by atoms with Crippen LogP contribution in [0.1, 0.15) is 67.2 Å². The summed E-state index contributed by atoms with van der Waals surface area (Å²) in [5.74, 6) is 1.13. The number of hydrogen-bond acceptors (Lipinski definition) is 5. The molecular formula is C21H32N4O3. The highest BCUT2D eigenvalue weighted by atomic mass is 16.5. The second-order valence-corrected chi connectivity index (χ2v) is 8.03. The molecule has 1 aliphatic heterocycles. The van der Waals surface area contributed by atoms with Gasteiger partial charge in [-0.25, -0.2) is 9.97 Å². The molecule has 0 radical (unpaired) electrons.